The lowest BCUT2D eigenvalue weighted by Crippen LogP contribution is -2.46. The molecule has 0 aliphatic carbocycles. The molecule has 1 aliphatic heterocycles. The molecule has 31 heavy (non-hydrogen) atoms. The molecule has 0 spiro atoms. The van der Waals surface area contributed by atoms with Crippen LogP contribution in [0.5, 0.6) is 0 Å². The van der Waals surface area contributed by atoms with Crippen LogP contribution in [0.25, 0.3) is 0 Å². The predicted molar refractivity (Wildman–Crippen MR) is 110 cm³/mol. The summed E-state index contributed by atoms with van der Waals surface area (Å²) in [5.41, 5.74) is 0. The van der Waals surface area contributed by atoms with Crippen molar-refractivity contribution in [2.45, 2.75) is 33.4 Å². The van der Waals surface area contributed by atoms with Crippen LogP contribution in [0.2, 0.25) is 0 Å². The van der Waals surface area contributed by atoms with Crippen LogP contribution in [-0.4, -0.2) is 73.3 Å². The number of rotatable bonds is 10. The van der Waals surface area contributed by atoms with Crippen LogP contribution < -0.4 is 11.1 Å². The quantitative estimate of drug-likeness (QED) is 0.499. The number of hydrogen-bond acceptors (Lipinski definition) is 11. The number of morpholine rings is 1. The van der Waals surface area contributed by atoms with E-state index >= 15 is 0 Å². The van der Waals surface area contributed by atoms with Gasteiger partial charge in [-0.1, -0.05) is 13.8 Å². The van der Waals surface area contributed by atoms with Gasteiger partial charge in [0.1, 0.15) is 12.6 Å². The van der Waals surface area contributed by atoms with E-state index in [4.69, 9.17) is 18.6 Å². The molecule has 1 N–H and O–H groups in total. The average molecular weight is 461 g/mol. The van der Waals surface area contributed by atoms with E-state index in [9.17, 15) is 19.2 Å². The van der Waals surface area contributed by atoms with Crippen molar-refractivity contribution in [3.63, 3.8) is 0 Å². The first-order valence-electron chi connectivity index (χ1n) is 9.92. The number of hydrogen-bond donors (Lipinski definition) is 1. The van der Waals surface area contributed by atoms with Crippen LogP contribution in [-0.2, 0) is 30.4 Å². The number of thioether (sulfide) groups is 1. The van der Waals surface area contributed by atoms with Crippen LogP contribution in [0.4, 0.5) is 4.79 Å². The van der Waals surface area contributed by atoms with E-state index in [0.717, 1.165) is 13.1 Å². The van der Waals surface area contributed by atoms with Gasteiger partial charge < -0.3 is 28.4 Å². The highest BCUT2D eigenvalue weighted by molar-refractivity contribution is 8.13. The highest BCUT2D eigenvalue weighted by Gasteiger charge is 2.26. The second-order valence-electron chi connectivity index (χ2n) is 7.12. The minimum atomic E-state index is -1.01. The molecule has 0 radical (unpaired) electrons. The molecule has 11 nitrogen and oxygen atoms in total. The van der Waals surface area contributed by atoms with E-state index in [1.165, 1.54) is 6.92 Å². The lowest BCUT2D eigenvalue weighted by atomic mass is 10.2. The van der Waals surface area contributed by atoms with E-state index in [2.05, 4.69) is 14.6 Å². The maximum atomic E-state index is 12.5. The topological polar surface area (TPSA) is 138 Å². The monoisotopic (exact) mass is 460 g/mol. The van der Waals surface area contributed by atoms with Crippen LogP contribution in [0.15, 0.2) is 13.6 Å². The molecule has 0 saturated carbocycles. The van der Waals surface area contributed by atoms with Crippen molar-refractivity contribution in [3.8, 4) is 0 Å². The summed E-state index contributed by atoms with van der Waals surface area (Å²) in [6.07, 6.45) is 0. The van der Waals surface area contributed by atoms with Crippen LogP contribution in [0.1, 0.15) is 25.4 Å². The number of nitrogens with zero attached hydrogens (tertiary/aromatic N) is 1. The van der Waals surface area contributed by atoms with Crippen molar-refractivity contribution in [2.75, 3.05) is 45.2 Å². The summed E-state index contributed by atoms with van der Waals surface area (Å²) in [5.74, 6) is -1.93. The van der Waals surface area contributed by atoms with Crippen LogP contribution in [0.3, 0.4) is 0 Å². The van der Waals surface area contributed by atoms with Gasteiger partial charge in [0.15, 0.2) is 18.1 Å². The molecule has 12 heteroatoms. The zero-order valence-corrected chi connectivity index (χ0v) is 18.7. The molecule has 1 fully saturated rings. The lowest BCUT2D eigenvalue weighted by Gasteiger charge is -2.26. The number of amides is 1. The fourth-order valence-corrected chi connectivity index (χ4v) is 3.20. The molecular formula is C19H28N2O9S. The Morgan fingerprint density at radius 3 is 2.48 bits per heavy atom. The maximum Gasteiger partial charge on any atom is 0.519 e. The SMILES string of the molecule is Cc1oc(=O)oc1COC(=O)SC[C@H](NC(=O)C(C)C)C(=O)OCCN1CCOCC1. The Balaban J connectivity index is 1.82. The molecule has 1 aromatic rings. The van der Waals surface area contributed by atoms with Crippen LogP contribution >= 0.6 is 11.8 Å². The van der Waals surface area contributed by atoms with E-state index in [0.29, 0.717) is 31.5 Å². The number of esters is 1. The van der Waals surface area contributed by atoms with Crippen LogP contribution in [0, 0.1) is 12.8 Å². The zero-order chi connectivity index (χ0) is 22.8. The Morgan fingerprint density at radius 2 is 1.87 bits per heavy atom. The maximum absolute atomic E-state index is 12.5. The minimum Gasteiger partial charge on any atom is -0.463 e. The van der Waals surface area contributed by atoms with Gasteiger partial charge >= 0.3 is 17.1 Å². The number of ether oxygens (including phenoxy) is 3. The highest BCUT2D eigenvalue weighted by Crippen LogP contribution is 2.13. The second kappa shape index (κ2) is 12.5. The molecule has 1 amide bonds. The standard InChI is InChI=1S/C19H28N2O9S/c1-12(2)16(22)20-14(17(23)27-9-6-21-4-7-26-8-5-21)11-31-19(25)28-10-15-13(3)29-18(24)30-15/h12,14H,4-11H2,1-3H3,(H,20,22)/t14-/m0/s1. The number of carbonyl (C=O) groups excluding carboxylic acids is 3. The number of nitrogens with one attached hydrogen (secondary N) is 1. The molecule has 0 unspecified atom stereocenters. The molecule has 0 bridgehead atoms. The molecular weight excluding hydrogens is 432 g/mol. The molecule has 1 saturated heterocycles. The summed E-state index contributed by atoms with van der Waals surface area (Å²) in [7, 11) is 0. The van der Waals surface area contributed by atoms with E-state index < -0.39 is 23.1 Å². The first-order chi connectivity index (χ1) is 14.8. The fourth-order valence-electron chi connectivity index (χ4n) is 2.53. The summed E-state index contributed by atoms with van der Waals surface area (Å²) in [6.45, 7) is 8.15. The summed E-state index contributed by atoms with van der Waals surface area (Å²) in [6, 6.07) is -1.01. The highest BCUT2D eigenvalue weighted by atomic mass is 32.2. The van der Waals surface area contributed by atoms with Crippen molar-refractivity contribution in [1.29, 1.82) is 0 Å². The van der Waals surface area contributed by atoms with Gasteiger partial charge in [-0.05, 0) is 18.7 Å². The average Bonchev–Trinajstić information content (AvgIpc) is 3.06. The Kier molecular flexibility index (Phi) is 10.1. The van der Waals surface area contributed by atoms with Gasteiger partial charge in [0.2, 0.25) is 5.91 Å². The van der Waals surface area contributed by atoms with Crippen molar-refractivity contribution in [2.24, 2.45) is 5.92 Å². The van der Waals surface area contributed by atoms with Crippen molar-refractivity contribution < 1.29 is 37.4 Å². The van der Waals surface area contributed by atoms with Crippen molar-refractivity contribution in [1.82, 2.24) is 10.2 Å². The predicted octanol–water partition coefficient (Wildman–Crippen LogP) is 0.927. The van der Waals surface area contributed by atoms with Gasteiger partial charge in [0.05, 0.1) is 13.2 Å². The molecule has 1 atom stereocenters. The molecule has 1 aliphatic rings. The minimum absolute atomic E-state index is 0.0675. The van der Waals surface area contributed by atoms with Gasteiger partial charge in [-0.15, -0.1) is 0 Å². The first-order valence-corrected chi connectivity index (χ1v) is 10.9. The third kappa shape index (κ3) is 8.75. The molecule has 174 valence electrons. The number of carbonyl (C=O) groups is 3. The molecule has 0 aromatic carbocycles. The summed E-state index contributed by atoms with van der Waals surface area (Å²) >= 11 is 0.706. The van der Waals surface area contributed by atoms with Crippen molar-refractivity contribution in [3.05, 3.63) is 22.1 Å². The second-order valence-corrected chi connectivity index (χ2v) is 8.08. The van der Waals surface area contributed by atoms with Crippen molar-refractivity contribution >= 4 is 28.9 Å². The van der Waals surface area contributed by atoms with E-state index in [-0.39, 0.29) is 42.3 Å². The summed E-state index contributed by atoms with van der Waals surface area (Å²) in [4.78, 5) is 49.7. The van der Waals surface area contributed by atoms with Gasteiger partial charge in [-0.25, -0.2) is 14.4 Å². The third-order valence-corrected chi connectivity index (χ3v) is 5.26. The fraction of sp³-hybridized carbons (Fsp3) is 0.684. The summed E-state index contributed by atoms with van der Waals surface area (Å²) in [5, 5.41) is 1.89. The van der Waals surface area contributed by atoms with Gasteiger partial charge in [0.25, 0.3) is 0 Å². The summed E-state index contributed by atoms with van der Waals surface area (Å²) < 4.78 is 25.0. The number of aryl methyl sites for hydroxylation is 1. The van der Waals surface area contributed by atoms with Gasteiger partial charge in [-0.2, -0.15) is 0 Å². The Morgan fingerprint density at radius 1 is 1.16 bits per heavy atom. The Bertz CT molecular complexity index is 799. The molecule has 2 rings (SSSR count). The first kappa shape index (κ1) is 25.0. The van der Waals surface area contributed by atoms with Gasteiger partial charge in [-0.3, -0.25) is 9.69 Å². The molecule has 1 aromatic heterocycles. The normalized spacial score (nSPS) is 15.5. The largest absolute Gasteiger partial charge is 0.519 e. The lowest BCUT2D eigenvalue weighted by molar-refractivity contribution is -0.148. The Labute approximate surface area is 183 Å². The zero-order valence-electron chi connectivity index (χ0n) is 17.8. The third-order valence-electron chi connectivity index (χ3n) is 4.41. The molecule has 2 heterocycles. The smallest absolute Gasteiger partial charge is 0.463 e. The van der Waals surface area contributed by atoms with E-state index in [1.807, 2.05) is 0 Å². The van der Waals surface area contributed by atoms with E-state index in [1.54, 1.807) is 13.8 Å². The Hall–Kier alpha value is -2.31. The van der Waals surface area contributed by atoms with Gasteiger partial charge in [0, 0.05) is 31.3 Å².